The normalized spacial score (nSPS) is 26.2. The van der Waals surface area contributed by atoms with Crippen molar-refractivity contribution in [2.24, 2.45) is 5.92 Å². The number of ether oxygens (including phenoxy) is 1. The number of amides is 1. The summed E-state index contributed by atoms with van der Waals surface area (Å²) in [5.74, 6) is 4.42. The molecule has 0 spiro atoms. The molecule has 3 aliphatic heterocycles. The Morgan fingerprint density at radius 3 is 2.77 bits per heavy atom. The number of piperidine rings is 1. The lowest BCUT2D eigenvalue weighted by molar-refractivity contribution is -0.137. The van der Waals surface area contributed by atoms with E-state index in [0.717, 1.165) is 88.3 Å². The molecule has 3 fully saturated rings. The monoisotopic (exact) mass is 380 g/mol. The molecule has 1 aromatic heterocycles. The van der Waals surface area contributed by atoms with E-state index in [0.29, 0.717) is 18.4 Å². The van der Waals surface area contributed by atoms with Gasteiger partial charge in [-0.05, 0) is 32.2 Å². The van der Waals surface area contributed by atoms with Crippen molar-refractivity contribution in [3.63, 3.8) is 0 Å². The largest absolute Gasteiger partial charge is 0.381 e. The molecule has 8 heteroatoms. The second-order valence-electron chi connectivity index (χ2n) is 7.45. The van der Waals surface area contributed by atoms with Gasteiger partial charge < -0.3 is 14.2 Å². The van der Waals surface area contributed by atoms with Crippen molar-refractivity contribution >= 4 is 17.7 Å². The molecular formula is C18H28N4O3S. The Hall–Kier alpha value is -1.12. The molecule has 0 aromatic carbocycles. The lowest BCUT2D eigenvalue weighted by Gasteiger charge is -2.35. The number of hydrogen-bond donors (Lipinski definition) is 0. The summed E-state index contributed by atoms with van der Waals surface area (Å²) in [5.41, 5.74) is 0. The Morgan fingerprint density at radius 2 is 1.96 bits per heavy atom. The molecule has 4 rings (SSSR count). The first kappa shape index (κ1) is 18.3. The fourth-order valence-electron chi connectivity index (χ4n) is 4.08. The van der Waals surface area contributed by atoms with Gasteiger partial charge in [-0.2, -0.15) is 16.7 Å². The second kappa shape index (κ2) is 8.71. The lowest BCUT2D eigenvalue weighted by Crippen LogP contribution is -2.47. The van der Waals surface area contributed by atoms with Crippen LogP contribution in [0.25, 0.3) is 0 Å². The van der Waals surface area contributed by atoms with Gasteiger partial charge in [0, 0.05) is 50.3 Å². The van der Waals surface area contributed by atoms with Crippen molar-refractivity contribution in [2.45, 2.75) is 38.1 Å². The maximum absolute atomic E-state index is 12.8. The van der Waals surface area contributed by atoms with E-state index in [9.17, 15) is 4.79 Å². The molecule has 1 amide bonds. The smallest absolute Gasteiger partial charge is 0.229 e. The average Bonchev–Trinajstić information content (AvgIpc) is 3.17. The highest BCUT2D eigenvalue weighted by Crippen LogP contribution is 2.26. The molecule has 0 saturated carbocycles. The van der Waals surface area contributed by atoms with Gasteiger partial charge in [0.15, 0.2) is 5.82 Å². The summed E-state index contributed by atoms with van der Waals surface area (Å²) in [6.07, 6.45) is 3.97. The van der Waals surface area contributed by atoms with E-state index in [1.807, 2.05) is 11.8 Å². The van der Waals surface area contributed by atoms with Crippen LogP contribution in [-0.2, 0) is 16.1 Å². The van der Waals surface area contributed by atoms with E-state index in [1.165, 1.54) is 0 Å². The number of likely N-dealkylation sites (tertiary alicyclic amines) is 1. The van der Waals surface area contributed by atoms with Crippen LogP contribution in [0, 0.1) is 5.92 Å². The van der Waals surface area contributed by atoms with E-state index >= 15 is 0 Å². The third-order valence-corrected chi connectivity index (χ3v) is 6.54. The summed E-state index contributed by atoms with van der Waals surface area (Å²) >= 11 is 1.94. The van der Waals surface area contributed by atoms with Crippen molar-refractivity contribution in [3.8, 4) is 0 Å². The summed E-state index contributed by atoms with van der Waals surface area (Å²) < 4.78 is 10.9. The topological polar surface area (TPSA) is 71.7 Å². The van der Waals surface area contributed by atoms with Crippen LogP contribution in [0.15, 0.2) is 4.52 Å². The van der Waals surface area contributed by atoms with E-state index in [1.54, 1.807) is 0 Å². The molecule has 3 aliphatic rings. The second-order valence-corrected chi connectivity index (χ2v) is 8.67. The maximum atomic E-state index is 12.8. The highest BCUT2D eigenvalue weighted by Gasteiger charge is 2.31. The molecule has 7 nitrogen and oxygen atoms in total. The zero-order valence-electron chi connectivity index (χ0n) is 15.3. The fourth-order valence-corrected chi connectivity index (χ4v) is 4.99. The van der Waals surface area contributed by atoms with Gasteiger partial charge in [-0.1, -0.05) is 5.16 Å². The summed E-state index contributed by atoms with van der Waals surface area (Å²) in [7, 11) is 0. The third-order valence-electron chi connectivity index (χ3n) is 5.60. The molecule has 26 heavy (non-hydrogen) atoms. The van der Waals surface area contributed by atoms with Crippen LogP contribution < -0.4 is 0 Å². The van der Waals surface area contributed by atoms with Gasteiger partial charge in [0.1, 0.15) is 0 Å². The first-order valence-corrected chi connectivity index (χ1v) is 10.9. The van der Waals surface area contributed by atoms with Crippen LogP contribution >= 0.6 is 11.8 Å². The molecule has 144 valence electrons. The van der Waals surface area contributed by atoms with Crippen LogP contribution in [0.5, 0.6) is 0 Å². The minimum Gasteiger partial charge on any atom is -0.381 e. The number of nitrogens with zero attached hydrogens (tertiary/aromatic N) is 4. The van der Waals surface area contributed by atoms with Crippen molar-refractivity contribution in [3.05, 3.63) is 11.7 Å². The fraction of sp³-hybridized carbons (Fsp3) is 0.833. The minimum atomic E-state index is 0.119. The number of carbonyl (C=O) groups excluding carboxylic acids is 1. The van der Waals surface area contributed by atoms with E-state index in [4.69, 9.17) is 9.26 Å². The number of carbonyl (C=O) groups is 1. The maximum Gasteiger partial charge on any atom is 0.229 e. The van der Waals surface area contributed by atoms with E-state index < -0.39 is 0 Å². The highest BCUT2D eigenvalue weighted by atomic mass is 32.2. The molecule has 0 bridgehead atoms. The standard InChI is InChI=1S/C18H28N4O3S/c23-18(22-6-10-26-11-7-22)15-2-1-5-21(12-15)13-16-19-17(25-20-16)14-3-8-24-9-4-14/h14-15H,1-13H2. The first-order chi connectivity index (χ1) is 12.8. The quantitative estimate of drug-likeness (QED) is 0.788. The molecule has 1 aromatic rings. The number of rotatable bonds is 4. The van der Waals surface area contributed by atoms with Crippen LogP contribution in [-0.4, -0.2) is 76.7 Å². The van der Waals surface area contributed by atoms with Crippen LogP contribution in [0.3, 0.4) is 0 Å². The molecular weight excluding hydrogens is 352 g/mol. The molecule has 1 unspecified atom stereocenters. The van der Waals surface area contributed by atoms with E-state index in [-0.39, 0.29) is 5.92 Å². The molecule has 3 saturated heterocycles. The van der Waals surface area contributed by atoms with Gasteiger partial charge >= 0.3 is 0 Å². The van der Waals surface area contributed by atoms with Crippen molar-refractivity contribution in [1.82, 2.24) is 19.9 Å². The molecule has 4 heterocycles. The van der Waals surface area contributed by atoms with Crippen molar-refractivity contribution < 1.29 is 14.1 Å². The average molecular weight is 381 g/mol. The van der Waals surface area contributed by atoms with E-state index in [2.05, 4.69) is 19.9 Å². The molecule has 0 aliphatic carbocycles. The zero-order chi connectivity index (χ0) is 17.8. The van der Waals surface area contributed by atoms with Gasteiger partial charge in [-0.25, -0.2) is 0 Å². The first-order valence-electron chi connectivity index (χ1n) is 9.78. The number of aromatic nitrogens is 2. The Balaban J connectivity index is 1.32. The van der Waals surface area contributed by atoms with Crippen LogP contribution in [0.4, 0.5) is 0 Å². The molecule has 0 N–H and O–H groups in total. The van der Waals surface area contributed by atoms with Gasteiger partial charge in [-0.3, -0.25) is 9.69 Å². The lowest BCUT2D eigenvalue weighted by atomic mass is 9.96. The summed E-state index contributed by atoms with van der Waals surface area (Å²) in [4.78, 5) is 21.8. The minimum absolute atomic E-state index is 0.119. The summed E-state index contributed by atoms with van der Waals surface area (Å²) in [6, 6.07) is 0. The van der Waals surface area contributed by atoms with Crippen LogP contribution in [0.1, 0.15) is 43.3 Å². The molecule has 1 atom stereocenters. The molecule has 0 radical (unpaired) electrons. The van der Waals surface area contributed by atoms with Gasteiger partial charge in [0.25, 0.3) is 0 Å². The SMILES string of the molecule is O=C(C1CCCN(Cc2noc(C3CCOCC3)n2)C1)N1CCSCC1. The summed E-state index contributed by atoms with van der Waals surface area (Å²) in [6.45, 7) is 5.83. The van der Waals surface area contributed by atoms with Gasteiger partial charge in [-0.15, -0.1) is 0 Å². The third kappa shape index (κ3) is 4.40. The Bertz CT molecular complexity index is 599. The van der Waals surface area contributed by atoms with Crippen molar-refractivity contribution in [2.75, 3.05) is 50.9 Å². The van der Waals surface area contributed by atoms with Crippen molar-refractivity contribution in [1.29, 1.82) is 0 Å². The highest BCUT2D eigenvalue weighted by molar-refractivity contribution is 7.99. The predicted molar refractivity (Wildman–Crippen MR) is 99.0 cm³/mol. The van der Waals surface area contributed by atoms with Crippen LogP contribution in [0.2, 0.25) is 0 Å². The predicted octanol–water partition coefficient (Wildman–Crippen LogP) is 1.75. The summed E-state index contributed by atoms with van der Waals surface area (Å²) in [5, 5.41) is 4.18. The Kier molecular flexibility index (Phi) is 6.12. The Labute approximate surface area is 158 Å². The number of thioether (sulfide) groups is 1. The van der Waals surface area contributed by atoms with Gasteiger partial charge in [0.2, 0.25) is 11.8 Å². The van der Waals surface area contributed by atoms with Gasteiger partial charge in [0.05, 0.1) is 12.5 Å². The number of hydrogen-bond acceptors (Lipinski definition) is 7. The zero-order valence-corrected chi connectivity index (χ0v) is 16.1. The Morgan fingerprint density at radius 1 is 1.15 bits per heavy atom.